The van der Waals surface area contributed by atoms with Crippen molar-refractivity contribution >= 4 is 45.4 Å². The zero-order valence-corrected chi connectivity index (χ0v) is 15.7. The molecule has 0 spiro atoms. The Morgan fingerprint density at radius 1 is 1.48 bits per heavy atom. The number of ether oxygens (including phenoxy) is 1. The van der Waals surface area contributed by atoms with Gasteiger partial charge in [-0.1, -0.05) is 29.3 Å². The molecular formula is C17H15Cl2N3O2S. The third-order valence-corrected chi connectivity index (χ3v) is 5.77. The number of anilines is 1. The minimum atomic E-state index is -0.588. The van der Waals surface area contributed by atoms with E-state index in [1.54, 1.807) is 18.2 Å². The van der Waals surface area contributed by atoms with Gasteiger partial charge in [-0.15, -0.1) is 11.3 Å². The Kier molecular flexibility index (Phi) is 5.21. The summed E-state index contributed by atoms with van der Waals surface area (Å²) >= 11 is 13.5. The van der Waals surface area contributed by atoms with Crippen molar-refractivity contribution in [2.45, 2.75) is 13.0 Å². The first-order valence-corrected chi connectivity index (χ1v) is 9.18. The molecule has 1 fully saturated rings. The van der Waals surface area contributed by atoms with E-state index in [2.05, 4.69) is 11.0 Å². The van der Waals surface area contributed by atoms with E-state index in [0.29, 0.717) is 56.3 Å². The lowest BCUT2D eigenvalue weighted by Crippen LogP contribution is -2.41. The topological polar surface area (TPSA) is 79.4 Å². The van der Waals surface area contributed by atoms with Crippen LogP contribution in [0.4, 0.5) is 5.00 Å². The molecule has 130 valence electrons. The number of carbonyl (C=O) groups is 1. The highest BCUT2D eigenvalue weighted by Crippen LogP contribution is 2.44. The van der Waals surface area contributed by atoms with Gasteiger partial charge in [0.15, 0.2) is 0 Å². The van der Waals surface area contributed by atoms with E-state index in [1.807, 2.05) is 6.92 Å². The minimum absolute atomic E-state index is 0.0435. The van der Waals surface area contributed by atoms with Crippen LogP contribution in [0.2, 0.25) is 10.0 Å². The van der Waals surface area contributed by atoms with Crippen molar-refractivity contribution in [3.05, 3.63) is 38.7 Å². The first-order valence-electron chi connectivity index (χ1n) is 7.61. The molecule has 1 aliphatic heterocycles. The zero-order chi connectivity index (χ0) is 18.1. The monoisotopic (exact) mass is 395 g/mol. The lowest BCUT2D eigenvalue weighted by molar-refractivity contribution is 0.0534. The van der Waals surface area contributed by atoms with Gasteiger partial charge < -0.3 is 15.4 Å². The Labute approximate surface area is 159 Å². The van der Waals surface area contributed by atoms with Gasteiger partial charge >= 0.3 is 0 Å². The first kappa shape index (κ1) is 18.0. The molecule has 2 heterocycles. The van der Waals surface area contributed by atoms with Crippen LogP contribution in [0.15, 0.2) is 18.2 Å². The number of hydrogen-bond donors (Lipinski definition) is 1. The lowest BCUT2D eigenvalue weighted by Gasteiger charge is -2.32. The van der Waals surface area contributed by atoms with Crippen LogP contribution >= 0.6 is 34.5 Å². The quantitative estimate of drug-likeness (QED) is 0.853. The molecule has 2 N–H and O–H groups in total. The van der Waals surface area contributed by atoms with Gasteiger partial charge in [0.05, 0.1) is 18.3 Å². The Morgan fingerprint density at radius 2 is 2.24 bits per heavy atom. The maximum Gasteiger partial charge on any atom is 0.259 e. The van der Waals surface area contributed by atoms with Crippen molar-refractivity contribution in [2.24, 2.45) is 5.73 Å². The van der Waals surface area contributed by atoms with Gasteiger partial charge in [-0.2, -0.15) is 5.26 Å². The number of nitrogens with zero attached hydrogens (tertiary/aromatic N) is 2. The standard InChI is InChI=1S/C17H15Cl2N3O2S/c1-9-8-22(4-5-24-9)17-12(7-20)14(15(25-17)16(21)23)11-3-2-10(18)6-13(11)19/h2-3,6,9H,4-5,8H2,1H3,(H2,21,23). The molecule has 0 aliphatic carbocycles. The SMILES string of the molecule is CC1CN(c2sc(C(N)=O)c(-c3ccc(Cl)cc3Cl)c2C#N)CCO1. The summed E-state index contributed by atoms with van der Waals surface area (Å²) in [6.07, 6.45) is 0.0435. The van der Waals surface area contributed by atoms with Gasteiger partial charge in [-0.25, -0.2) is 0 Å². The maximum absolute atomic E-state index is 12.0. The Bertz CT molecular complexity index is 876. The smallest absolute Gasteiger partial charge is 0.259 e. The second-order valence-electron chi connectivity index (χ2n) is 5.71. The van der Waals surface area contributed by atoms with Crippen molar-refractivity contribution in [2.75, 3.05) is 24.6 Å². The Morgan fingerprint density at radius 3 is 2.84 bits per heavy atom. The van der Waals surface area contributed by atoms with Crippen LogP contribution < -0.4 is 10.6 Å². The summed E-state index contributed by atoms with van der Waals surface area (Å²) in [6, 6.07) is 7.17. The van der Waals surface area contributed by atoms with Crippen molar-refractivity contribution in [1.82, 2.24) is 0 Å². The van der Waals surface area contributed by atoms with Gasteiger partial charge in [0.25, 0.3) is 5.91 Å². The van der Waals surface area contributed by atoms with Gasteiger partial charge in [-0.3, -0.25) is 4.79 Å². The van der Waals surface area contributed by atoms with Crippen LogP contribution in [0.5, 0.6) is 0 Å². The third-order valence-electron chi connectivity index (χ3n) is 3.95. The molecule has 25 heavy (non-hydrogen) atoms. The summed E-state index contributed by atoms with van der Waals surface area (Å²) in [4.78, 5) is 14.4. The molecule has 0 bridgehead atoms. The van der Waals surface area contributed by atoms with E-state index in [9.17, 15) is 10.1 Å². The van der Waals surface area contributed by atoms with Crippen LogP contribution in [-0.2, 0) is 4.74 Å². The molecule has 1 unspecified atom stereocenters. The van der Waals surface area contributed by atoms with E-state index in [4.69, 9.17) is 33.7 Å². The van der Waals surface area contributed by atoms with E-state index in [0.717, 1.165) is 0 Å². The number of hydrogen-bond acceptors (Lipinski definition) is 5. The molecule has 1 aliphatic rings. The van der Waals surface area contributed by atoms with E-state index in [-0.39, 0.29) is 6.10 Å². The number of rotatable bonds is 3. The van der Waals surface area contributed by atoms with Crippen LogP contribution in [0.3, 0.4) is 0 Å². The number of halogens is 2. The molecule has 1 amide bonds. The first-order chi connectivity index (χ1) is 11.9. The van der Waals surface area contributed by atoms with Crippen molar-refractivity contribution in [3.8, 4) is 17.2 Å². The number of primary amides is 1. The number of nitriles is 1. The van der Waals surface area contributed by atoms with E-state index >= 15 is 0 Å². The number of amides is 1. The highest BCUT2D eigenvalue weighted by Gasteiger charge is 2.29. The highest BCUT2D eigenvalue weighted by molar-refractivity contribution is 7.18. The van der Waals surface area contributed by atoms with Gasteiger partial charge in [0.2, 0.25) is 0 Å². The van der Waals surface area contributed by atoms with Gasteiger partial charge in [0, 0.05) is 34.3 Å². The summed E-state index contributed by atoms with van der Waals surface area (Å²) in [6.45, 7) is 3.82. The molecule has 5 nitrogen and oxygen atoms in total. The van der Waals surface area contributed by atoms with E-state index in [1.165, 1.54) is 11.3 Å². The van der Waals surface area contributed by atoms with E-state index < -0.39 is 5.91 Å². The molecule has 1 aromatic carbocycles. The predicted octanol–water partition coefficient (Wildman–Crippen LogP) is 3.92. The van der Waals surface area contributed by atoms with Gasteiger partial charge in [-0.05, 0) is 19.1 Å². The molecule has 0 saturated carbocycles. The highest BCUT2D eigenvalue weighted by atomic mass is 35.5. The Hall–Kier alpha value is -1.78. The summed E-state index contributed by atoms with van der Waals surface area (Å²) in [5.74, 6) is -0.588. The maximum atomic E-state index is 12.0. The molecule has 3 rings (SSSR count). The summed E-state index contributed by atoms with van der Waals surface area (Å²) in [7, 11) is 0. The normalized spacial score (nSPS) is 17.4. The number of carbonyl (C=O) groups excluding carboxylic acids is 1. The minimum Gasteiger partial charge on any atom is -0.375 e. The van der Waals surface area contributed by atoms with Crippen LogP contribution in [0.1, 0.15) is 22.2 Å². The van der Waals surface area contributed by atoms with Crippen LogP contribution in [-0.4, -0.2) is 31.7 Å². The summed E-state index contributed by atoms with van der Waals surface area (Å²) in [5.41, 5.74) is 7.01. The lowest BCUT2D eigenvalue weighted by atomic mass is 10.0. The molecule has 1 saturated heterocycles. The third kappa shape index (κ3) is 3.46. The second kappa shape index (κ2) is 7.22. The fourth-order valence-corrected chi connectivity index (χ4v) is 4.53. The molecule has 2 aromatic rings. The number of benzene rings is 1. The molecular weight excluding hydrogens is 381 g/mol. The summed E-state index contributed by atoms with van der Waals surface area (Å²) in [5, 5.41) is 11.3. The second-order valence-corrected chi connectivity index (χ2v) is 7.56. The predicted molar refractivity (Wildman–Crippen MR) is 101 cm³/mol. The zero-order valence-electron chi connectivity index (χ0n) is 13.4. The van der Waals surface area contributed by atoms with Crippen molar-refractivity contribution < 1.29 is 9.53 Å². The average Bonchev–Trinajstić information content (AvgIpc) is 2.94. The van der Waals surface area contributed by atoms with Crippen LogP contribution in [0.25, 0.3) is 11.1 Å². The molecule has 1 aromatic heterocycles. The Balaban J connectivity index is 2.20. The average molecular weight is 396 g/mol. The van der Waals surface area contributed by atoms with Crippen LogP contribution in [0, 0.1) is 11.3 Å². The van der Waals surface area contributed by atoms with Crippen molar-refractivity contribution in [1.29, 1.82) is 5.26 Å². The summed E-state index contributed by atoms with van der Waals surface area (Å²) < 4.78 is 5.56. The van der Waals surface area contributed by atoms with Crippen molar-refractivity contribution in [3.63, 3.8) is 0 Å². The molecule has 8 heteroatoms. The fourth-order valence-electron chi connectivity index (χ4n) is 2.87. The molecule has 1 atom stereocenters. The van der Waals surface area contributed by atoms with Gasteiger partial charge in [0.1, 0.15) is 15.9 Å². The number of nitrogens with two attached hydrogens (primary N) is 1. The largest absolute Gasteiger partial charge is 0.375 e. The molecule has 0 radical (unpaired) electrons. The fraction of sp³-hybridized carbons (Fsp3) is 0.294. The number of morpholine rings is 1. The number of thiophene rings is 1.